The zero-order chi connectivity index (χ0) is 19.8. The molecule has 3 aromatic rings. The van der Waals surface area contributed by atoms with Crippen LogP contribution in [0.5, 0.6) is 11.6 Å². The van der Waals surface area contributed by atoms with E-state index in [0.717, 1.165) is 0 Å². The molecule has 0 atom stereocenters. The molecule has 3 rings (SSSR count). The number of nitrogens with zero attached hydrogens (tertiary/aromatic N) is 4. The third kappa shape index (κ3) is 4.07. The summed E-state index contributed by atoms with van der Waals surface area (Å²) in [5.74, 6) is -0.706. The van der Waals surface area contributed by atoms with E-state index in [4.69, 9.17) is 4.74 Å². The molecule has 2 heterocycles. The van der Waals surface area contributed by atoms with E-state index in [-0.39, 0.29) is 29.7 Å². The first-order valence-electron chi connectivity index (χ1n) is 7.62. The van der Waals surface area contributed by atoms with Crippen molar-refractivity contribution < 1.29 is 27.6 Å². The van der Waals surface area contributed by atoms with Crippen LogP contribution in [0.15, 0.2) is 30.5 Å². The first-order valence-corrected chi connectivity index (χ1v) is 7.62. The van der Waals surface area contributed by atoms with Gasteiger partial charge in [0.1, 0.15) is 18.6 Å². The lowest BCUT2D eigenvalue weighted by molar-refractivity contribution is -0.389. The van der Waals surface area contributed by atoms with Crippen LogP contribution in [-0.4, -0.2) is 25.7 Å². The molecule has 142 valence electrons. The zero-order valence-electron chi connectivity index (χ0n) is 14.1. The number of benzene rings is 1. The minimum atomic E-state index is -4.80. The summed E-state index contributed by atoms with van der Waals surface area (Å²) in [6.45, 7) is 3.30. The lowest BCUT2D eigenvalue weighted by atomic mass is 10.2. The number of rotatable bonds is 5. The molecule has 8 nitrogen and oxygen atoms in total. The van der Waals surface area contributed by atoms with E-state index < -0.39 is 11.3 Å². The van der Waals surface area contributed by atoms with Crippen molar-refractivity contribution in [3.05, 3.63) is 57.5 Å². The van der Waals surface area contributed by atoms with Crippen molar-refractivity contribution >= 4 is 11.5 Å². The zero-order valence-corrected chi connectivity index (χ0v) is 14.1. The molecule has 2 aromatic heterocycles. The molecule has 0 fully saturated rings. The van der Waals surface area contributed by atoms with Gasteiger partial charge in [0.05, 0.1) is 5.69 Å². The third-order valence-corrected chi connectivity index (χ3v) is 3.73. The maximum Gasteiger partial charge on any atom is 0.573 e. The second-order valence-corrected chi connectivity index (χ2v) is 5.62. The Morgan fingerprint density at radius 3 is 2.67 bits per heavy atom. The molecular weight excluding hydrogens is 369 g/mol. The highest BCUT2D eigenvalue weighted by atomic mass is 19.4. The van der Waals surface area contributed by atoms with E-state index in [1.165, 1.54) is 28.8 Å². The number of hydrogen-bond acceptors (Lipinski definition) is 6. The highest BCUT2D eigenvalue weighted by molar-refractivity contribution is 5.54. The third-order valence-electron chi connectivity index (χ3n) is 3.73. The lowest BCUT2D eigenvalue weighted by Gasteiger charge is -2.11. The quantitative estimate of drug-likeness (QED) is 0.493. The van der Waals surface area contributed by atoms with Gasteiger partial charge in [0.15, 0.2) is 0 Å². The van der Waals surface area contributed by atoms with E-state index in [1.807, 2.05) is 0 Å². The summed E-state index contributed by atoms with van der Waals surface area (Å²) in [5.41, 5.74) is 1.76. The normalized spacial score (nSPS) is 11.6. The molecule has 0 radical (unpaired) electrons. The summed E-state index contributed by atoms with van der Waals surface area (Å²) in [7, 11) is 0. The van der Waals surface area contributed by atoms with Gasteiger partial charge in [-0.2, -0.15) is 0 Å². The first kappa shape index (κ1) is 18.4. The second kappa shape index (κ2) is 6.74. The number of nitro groups is 1. The van der Waals surface area contributed by atoms with Crippen molar-refractivity contribution in [3.8, 4) is 11.6 Å². The Morgan fingerprint density at radius 1 is 1.26 bits per heavy atom. The van der Waals surface area contributed by atoms with Crippen LogP contribution >= 0.6 is 0 Å². The molecule has 11 heteroatoms. The van der Waals surface area contributed by atoms with Gasteiger partial charge in [-0.15, -0.1) is 13.2 Å². The van der Waals surface area contributed by atoms with E-state index in [1.54, 1.807) is 19.9 Å². The molecule has 0 amide bonds. The van der Waals surface area contributed by atoms with Crippen molar-refractivity contribution in [2.24, 2.45) is 0 Å². The highest BCUT2D eigenvalue weighted by Gasteiger charge is 2.31. The molecule has 0 unspecified atom stereocenters. The Bertz CT molecular complexity index is 1020. The average Bonchev–Trinajstić information content (AvgIpc) is 3.02. The molecule has 1 aromatic carbocycles. The highest BCUT2D eigenvalue weighted by Crippen LogP contribution is 2.26. The number of aryl methyl sites for hydroxylation is 2. The fourth-order valence-corrected chi connectivity index (χ4v) is 2.40. The van der Waals surface area contributed by atoms with Gasteiger partial charge in [0, 0.05) is 5.69 Å². The molecular formula is C16H13F3N4O4. The van der Waals surface area contributed by atoms with Crippen LogP contribution in [0.1, 0.15) is 17.0 Å². The van der Waals surface area contributed by atoms with Crippen molar-refractivity contribution in [2.75, 3.05) is 0 Å². The number of imidazole rings is 1. The number of hydrogen-bond donors (Lipinski definition) is 0. The predicted molar refractivity (Wildman–Crippen MR) is 86.6 cm³/mol. The minimum Gasteiger partial charge on any atom is -0.468 e. The maximum absolute atomic E-state index is 12.3. The molecule has 0 bridgehead atoms. The molecule has 0 saturated heterocycles. The number of alkyl halides is 3. The van der Waals surface area contributed by atoms with Gasteiger partial charge in [-0.3, -0.25) is 4.40 Å². The smallest absolute Gasteiger partial charge is 0.468 e. The van der Waals surface area contributed by atoms with Crippen molar-refractivity contribution in [1.82, 2.24) is 14.4 Å². The van der Waals surface area contributed by atoms with Crippen LogP contribution in [0.3, 0.4) is 0 Å². The Morgan fingerprint density at radius 2 is 2.00 bits per heavy atom. The van der Waals surface area contributed by atoms with Gasteiger partial charge in [0.2, 0.25) is 0 Å². The van der Waals surface area contributed by atoms with E-state index in [9.17, 15) is 23.3 Å². The lowest BCUT2D eigenvalue weighted by Crippen LogP contribution is -2.17. The van der Waals surface area contributed by atoms with Gasteiger partial charge in [0.25, 0.3) is 5.88 Å². The van der Waals surface area contributed by atoms with Gasteiger partial charge in [-0.05, 0) is 41.5 Å². The molecule has 0 aliphatic heterocycles. The molecule has 27 heavy (non-hydrogen) atoms. The SMILES string of the molecule is Cc1nc(OCc2cccc(OC(F)(F)F)c2)c2nc([N+](=O)[O-])cn2c1C. The van der Waals surface area contributed by atoms with Gasteiger partial charge in [-0.1, -0.05) is 12.1 Å². The maximum atomic E-state index is 12.3. The van der Waals surface area contributed by atoms with E-state index in [2.05, 4.69) is 14.7 Å². The number of ether oxygens (including phenoxy) is 2. The topological polar surface area (TPSA) is 91.8 Å². The van der Waals surface area contributed by atoms with Crippen LogP contribution in [0, 0.1) is 24.0 Å². The first-order chi connectivity index (χ1) is 12.6. The summed E-state index contributed by atoms with van der Waals surface area (Å²) in [6, 6.07) is 5.29. The summed E-state index contributed by atoms with van der Waals surface area (Å²) >= 11 is 0. The molecule has 0 aliphatic carbocycles. The summed E-state index contributed by atoms with van der Waals surface area (Å²) in [4.78, 5) is 18.5. The summed E-state index contributed by atoms with van der Waals surface area (Å²) in [6.07, 6.45) is -3.54. The Kier molecular flexibility index (Phi) is 4.60. The number of fused-ring (bicyclic) bond motifs is 1. The van der Waals surface area contributed by atoms with Gasteiger partial charge < -0.3 is 19.6 Å². The number of halogens is 3. The summed E-state index contributed by atoms with van der Waals surface area (Å²) < 4.78 is 47.9. The standard InChI is InChI=1S/C16H13F3N4O4/c1-9-10(2)22-7-13(23(24)25)21-14(22)15(20-9)26-8-11-4-3-5-12(6-11)27-16(17,18)19/h3-7H,8H2,1-2H3. The van der Waals surface area contributed by atoms with E-state index >= 15 is 0 Å². The van der Waals surface area contributed by atoms with Gasteiger partial charge in [-0.25, -0.2) is 4.98 Å². The Labute approximate surface area is 150 Å². The van der Waals surface area contributed by atoms with Crippen molar-refractivity contribution in [3.63, 3.8) is 0 Å². The second-order valence-electron chi connectivity index (χ2n) is 5.62. The predicted octanol–water partition coefficient (Wildman–Crippen LogP) is 3.73. The monoisotopic (exact) mass is 382 g/mol. The molecule has 0 N–H and O–H groups in total. The van der Waals surface area contributed by atoms with Crippen LogP contribution in [0.2, 0.25) is 0 Å². The largest absolute Gasteiger partial charge is 0.573 e. The fraction of sp³-hybridized carbons (Fsp3) is 0.250. The van der Waals surface area contributed by atoms with Crippen molar-refractivity contribution in [2.45, 2.75) is 26.8 Å². The summed E-state index contributed by atoms with van der Waals surface area (Å²) in [5, 5.41) is 11.0. The van der Waals surface area contributed by atoms with Crippen molar-refractivity contribution in [1.29, 1.82) is 0 Å². The fourth-order valence-electron chi connectivity index (χ4n) is 2.40. The van der Waals surface area contributed by atoms with Crippen LogP contribution in [-0.2, 0) is 6.61 Å². The molecule has 0 saturated carbocycles. The van der Waals surface area contributed by atoms with Crippen LogP contribution < -0.4 is 9.47 Å². The minimum absolute atomic E-state index is 0.0355. The molecule has 0 aliphatic rings. The number of aromatic nitrogens is 3. The van der Waals surface area contributed by atoms with Gasteiger partial charge >= 0.3 is 17.8 Å². The Balaban J connectivity index is 1.88. The van der Waals surface area contributed by atoms with Crippen LogP contribution in [0.25, 0.3) is 5.65 Å². The molecule has 0 spiro atoms. The Hall–Kier alpha value is -3.37. The van der Waals surface area contributed by atoms with Crippen LogP contribution in [0.4, 0.5) is 19.0 Å². The average molecular weight is 382 g/mol. The van der Waals surface area contributed by atoms with E-state index in [0.29, 0.717) is 17.0 Å².